The number of para-hydroxylation sites is 1. The maximum absolute atomic E-state index is 12.3. The first-order valence-electron chi connectivity index (χ1n) is 8.53. The minimum Gasteiger partial charge on any atom is -0.355 e. The van der Waals surface area contributed by atoms with Crippen LogP contribution in [0.25, 0.3) is 5.69 Å². The lowest BCUT2D eigenvalue weighted by Crippen LogP contribution is -2.29. The van der Waals surface area contributed by atoms with E-state index in [-0.39, 0.29) is 11.9 Å². The first-order valence-corrected chi connectivity index (χ1v) is 8.53. The highest BCUT2D eigenvalue weighted by molar-refractivity contribution is 5.98. The van der Waals surface area contributed by atoms with Gasteiger partial charge in [0.15, 0.2) is 0 Å². The van der Waals surface area contributed by atoms with Crippen LogP contribution in [0, 0.1) is 6.92 Å². The first kappa shape index (κ1) is 18.2. The third-order valence-corrected chi connectivity index (χ3v) is 4.27. The number of aromatic nitrogens is 2. The van der Waals surface area contributed by atoms with Crippen LogP contribution in [0.2, 0.25) is 0 Å². The number of benzene rings is 2. The second-order valence-electron chi connectivity index (χ2n) is 5.96. The molecule has 0 saturated carbocycles. The Morgan fingerprint density at radius 3 is 2.67 bits per heavy atom. The molecule has 0 fully saturated rings. The van der Waals surface area contributed by atoms with Crippen molar-refractivity contribution in [1.29, 1.82) is 0 Å². The van der Waals surface area contributed by atoms with Gasteiger partial charge < -0.3 is 20.5 Å². The van der Waals surface area contributed by atoms with Crippen molar-refractivity contribution in [2.24, 2.45) is 0 Å². The molecule has 7 nitrogen and oxygen atoms in total. The Labute approximate surface area is 157 Å². The Morgan fingerprint density at radius 1 is 1.11 bits per heavy atom. The summed E-state index contributed by atoms with van der Waals surface area (Å²) in [6.45, 7) is 2.16. The minimum atomic E-state index is -0.340. The van der Waals surface area contributed by atoms with E-state index < -0.39 is 0 Å². The molecule has 0 radical (unpaired) electrons. The molecule has 3 rings (SSSR count). The number of hydrogen-bond acceptors (Lipinski definition) is 3. The lowest BCUT2D eigenvalue weighted by Gasteiger charge is -2.14. The molecule has 0 bridgehead atoms. The van der Waals surface area contributed by atoms with Crippen molar-refractivity contribution in [3.05, 3.63) is 77.9 Å². The van der Waals surface area contributed by atoms with E-state index in [1.165, 1.54) is 0 Å². The molecular formula is C20H21N5O2. The predicted molar refractivity (Wildman–Crippen MR) is 104 cm³/mol. The number of hydrogen-bond donors (Lipinski definition) is 3. The second kappa shape index (κ2) is 8.18. The van der Waals surface area contributed by atoms with Crippen molar-refractivity contribution < 1.29 is 9.59 Å². The fourth-order valence-electron chi connectivity index (χ4n) is 2.81. The van der Waals surface area contributed by atoms with Crippen molar-refractivity contribution in [2.75, 3.05) is 12.4 Å². The summed E-state index contributed by atoms with van der Waals surface area (Å²) in [7, 11) is 1.58. The van der Waals surface area contributed by atoms with Gasteiger partial charge in [0.2, 0.25) is 0 Å². The fraction of sp³-hybridized carbons (Fsp3) is 0.150. The van der Waals surface area contributed by atoms with Crippen LogP contribution in [0.3, 0.4) is 0 Å². The number of urea groups is 1. The quantitative estimate of drug-likeness (QED) is 0.651. The molecule has 27 heavy (non-hydrogen) atoms. The van der Waals surface area contributed by atoms with Gasteiger partial charge in [-0.25, -0.2) is 9.78 Å². The number of nitrogens with zero attached hydrogens (tertiary/aromatic N) is 2. The molecule has 0 atom stereocenters. The molecular weight excluding hydrogens is 342 g/mol. The molecule has 3 N–H and O–H groups in total. The largest absolute Gasteiger partial charge is 0.355 e. The summed E-state index contributed by atoms with van der Waals surface area (Å²) in [6, 6.07) is 12.7. The van der Waals surface area contributed by atoms with Gasteiger partial charge in [-0.1, -0.05) is 24.3 Å². The van der Waals surface area contributed by atoms with E-state index in [1.807, 2.05) is 35.0 Å². The normalized spacial score (nSPS) is 10.3. The van der Waals surface area contributed by atoms with E-state index in [1.54, 1.807) is 44.7 Å². The van der Waals surface area contributed by atoms with E-state index in [0.717, 1.165) is 11.3 Å². The molecule has 3 amide bonds. The zero-order valence-electron chi connectivity index (χ0n) is 15.2. The van der Waals surface area contributed by atoms with E-state index in [9.17, 15) is 9.59 Å². The summed E-state index contributed by atoms with van der Waals surface area (Å²) in [5.41, 5.74) is 3.75. The zero-order valence-corrected chi connectivity index (χ0v) is 15.2. The standard InChI is InChI=1S/C20H21N5O2/c1-14-16(19(26)21-2)7-5-8-17(14)24-20(27)23-12-15-6-3-4-9-18(15)25-11-10-22-13-25/h3-11,13H,12H2,1-2H3,(H,21,26)(H2,23,24,27). The number of imidazole rings is 1. The number of rotatable bonds is 5. The molecule has 0 saturated heterocycles. The molecule has 2 aromatic carbocycles. The summed E-state index contributed by atoms with van der Waals surface area (Å²) >= 11 is 0. The Hall–Kier alpha value is -3.61. The van der Waals surface area contributed by atoms with E-state index >= 15 is 0 Å². The molecule has 0 unspecified atom stereocenters. The number of amides is 3. The van der Waals surface area contributed by atoms with Crippen LogP contribution >= 0.6 is 0 Å². The lowest BCUT2D eigenvalue weighted by atomic mass is 10.1. The second-order valence-corrected chi connectivity index (χ2v) is 5.96. The van der Waals surface area contributed by atoms with Crippen LogP contribution in [0.4, 0.5) is 10.5 Å². The van der Waals surface area contributed by atoms with Gasteiger partial charge >= 0.3 is 6.03 Å². The lowest BCUT2D eigenvalue weighted by molar-refractivity contribution is 0.0962. The number of nitrogens with one attached hydrogen (secondary N) is 3. The van der Waals surface area contributed by atoms with Crippen molar-refractivity contribution in [3.8, 4) is 5.69 Å². The van der Waals surface area contributed by atoms with Gasteiger partial charge in [0.05, 0.1) is 12.0 Å². The number of anilines is 1. The van der Waals surface area contributed by atoms with Crippen molar-refractivity contribution in [2.45, 2.75) is 13.5 Å². The summed E-state index contributed by atoms with van der Waals surface area (Å²) in [4.78, 5) is 28.3. The van der Waals surface area contributed by atoms with Gasteiger partial charge in [0, 0.05) is 37.2 Å². The topological polar surface area (TPSA) is 88.0 Å². The highest BCUT2D eigenvalue weighted by atomic mass is 16.2. The van der Waals surface area contributed by atoms with Crippen LogP contribution in [-0.4, -0.2) is 28.5 Å². The Morgan fingerprint density at radius 2 is 1.93 bits per heavy atom. The van der Waals surface area contributed by atoms with Crippen molar-refractivity contribution in [3.63, 3.8) is 0 Å². The summed E-state index contributed by atoms with van der Waals surface area (Å²) in [5, 5.41) is 8.25. The molecule has 1 heterocycles. The average molecular weight is 363 g/mol. The third-order valence-electron chi connectivity index (χ3n) is 4.27. The average Bonchev–Trinajstić information content (AvgIpc) is 3.22. The molecule has 0 aliphatic heterocycles. The fourth-order valence-corrected chi connectivity index (χ4v) is 2.81. The van der Waals surface area contributed by atoms with Crippen LogP contribution in [-0.2, 0) is 6.54 Å². The Kier molecular flexibility index (Phi) is 5.51. The Balaban J connectivity index is 1.69. The molecule has 138 valence electrons. The predicted octanol–water partition coefficient (Wildman–Crippen LogP) is 2.86. The summed E-state index contributed by atoms with van der Waals surface area (Å²) in [5.74, 6) is -0.189. The van der Waals surface area contributed by atoms with Crippen LogP contribution < -0.4 is 16.0 Å². The van der Waals surface area contributed by atoms with Crippen molar-refractivity contribution >= 4 is 17.6 Å². The monoisotopic (exact) mass is 363 g/mol. The maximum Gasteiger partial charge on any atom is 0.319 e. The van der Waals surface area contributed by atoms with E-state index in [4.69, 9.17) is 0 Å². The van der Waals surface area contributed by atoms with Crippen molar-refractivity contribution in [1.82, 2.24) is 20.2 Å². The first-order chi connectivity index (χ1) is 13.1. The highest BCUT2D eigenvalue weighted by Gasteiger charge is 2.12. The minimum absolute atomic E-state index is 0.189. The maximum atomic E-state index is 12.3. The highest BCUT2D eigenvalue weighted by Crippen LogP contribution is 2.19. The van der Waals surface area contributed by atoms with Gasteiger partial charge in [0.1, 0.15) is 0 Å². The molecule has 0 aliphatic rings. The number of carbonyl (C=O) groups is 2. The van der Waals surface area contributed by atoms with Gasteiger partial charge in [-0.2, -0.15) is 0 Å². The molecule has 0 spiro atoms. The summed E-state index contributed by atoms with van der Waals surface area (Å²) < 4.78 is 1.89. The van der Waals surface area contributed by atoms with Gasteiger partial charge in [-0.3, -0.25) is 4.79 Å². The summed E-state index contributed by atoms with van der Waals surface area (Å²) in [6.07, 6.45) is 5.28. The SMILES string of the molecule is CNC(=O)c1cccc(NC(=O)NCc2ccccc2-n2ccnc2)c1C. The van der Waals surface area contributed by atoms with Crippen LogP contribution in [0.15, 0.2) is 61.2 Å². The molecule has 0 aliphatic carbocycles. The van der Waals surface area contributed by atoms with Crippen LogP contribution in [0.5, 0.6) is 0 Å². The molecule has 7 heteroatoms. The molecule has 3 aromatic rings. The zero-order chi connectivity index (χ0) is 19.2. The number of carbonyl (C=O) groups excluding carboxylic acids is 2. The van der Waals surface area contributed by atoms with Gasteiger partial charge in [-0.15, -0.1) is 0 Å². The molecule has 1 aromatic heterocycles. The van der Waals surface area contributed by atoms with E-state index in [2.05, 4.69) is 20.9 Å². The van der Waals surface area contributed by atoms with Gasteiger partial charge in [0.25, 0.3) is 5.91 Å². The third kappa shape index (κ3) is 4.14. The van der Waals surface area contributed by atoms with Gasteiger partial charge in [-0.05, 0) is 36.2 Å². The van der Waals surface area contributed by atoms with Crippen LogP contribution in [0.1, 0.15) is 21.5 Å². The smallest absolute Gasteiger partial charge is 0.319 e. The van der Waals surface area contributed by atoms with E-state index in [0.29, 0.717) is 23.4 Å². The Bertz CT molecular complexity index is 951.